The first-order valence-corrected chi connectivity index (χ1v) is 9.69. The molecule has 2 N–H and O–H groups in total. The maximum atomic E-state index is 5.95. The number of aryl methyl sites for hydroxylation is 2. The topological polar surface area (TPSA) is 75.6 Å². The zero-order valence-electron chi connectivity index (χ0n) is 15.4. The van der Waals surface area contributed by atoms with E-state index >= 15 is 0 Å². The summed E-state index contributed by atoms with van der Waals surface area (Å²) in [5.74, 6) is 1.12. The monoisotopic (exact) mass is 400 g/mol. The van der Waals surface area contributed by atoms with Gasteiger partial charge in [-0.2, -0.15) is 0 Å². The van der Waals surface area contributed by atoms with Gasteiger partial charge in [-0.15, -0.1) is 0 Å². The van der Waals surface area contributed by atoms with Gasteiger partial charge in [-0.25, -0.2) is 19.9 Å². The molecule has 0 aliphatic heterocycles. The van der Waals surface area contributed by atoms with Crippen LogP contribution in [0.3, 0.4) is 0 Å². The molecule has 0 fully saturated rings. The summed E-state index contributed by atoms with van der Waals surface area (Å²) in [6.07, 6.45) is 5.40. The van der Waals surface area contributed by atoms with Gasteiger partial charge in [0.2, 0.25) is 11.9 Å². The zero-order valence-corrected chi connectivity index (χ0v) is 16.2. The van der Waals surface area contributed by atoms with Crippen molar-refractivity contribution < 1.29 is 0 Å². The second kappa shape index (κ2) is 7.48. The number of fused-ring (bicyclic) bond motifs is 3. The number of anilines is 4. The number of halogens is 1. The molecule has 0 spiro atoms. The molecule has 2 heterocycles. The number of para-hydroxylation sites is 1. The van der Waals surface area contributed by atoms with Crippen LogP contribution in [0, 0.1) is 0 Å². The summed E-state index contributed by atoms with van der Waals surface area (Å²) in [5.41, 5.74) is 5.76. The highest BCUT2D eigenvalue weighted by molar-refractivity contribution is 6.30. The van der Waals surface area contributed by atoms with Crippen LogP contribution in [-0.2, 0) is 12.8 Å². The minimum absolute atomic E-state index is 0.533. The Hall–Kier alpha value is -3.51. The quantitative estimate of drug-likeness (QED) is 0.492. The van der Waals surface area contributed by atoms with Gasteiger partial charge in [-0.3, -0.25) is 0 Å². The van der Waals surface area contributed by atoms with Crippen LogP contribution in [0.1, 0.15) is 11.3 Å². The second-order valence-electron chi connectivity index (χ2n) is 6.74. The van der Waals surface area contributed by atoms with Crippen molar-refractivity contribution in [1.29, 1.82) is 0 Å². The normalized spacial score (nSPS) is 12.0. The third-order valence-corrected chi connectivity index (χ3v) is 5.00. The number of rotatable bonds is 4. The lowest BCUT2D eigenvalue weighted by Gasteiger charge is -2.19. The Labute approximate surface area is 173 Å². The van der Waals surface area contributed by atoms with Crippen molar-refractivity contribution in [3.05, 3.63) is 83.3 Å². The van der Waals surface area contributed by atoms with Crippen LogP contribution in [-0.4, -0.2) is 19.9 Å². The van der Waals surface area contributed by atoms with E-state index in [1.165, 1.54) is 0 Å². The number of hydrogen-bond acceptors (Lipinski definition) is 6. The fraction of sp³-hybridized carbons (Fsp3) is 0.0909. The van der Waals surface area contributed by atoms with E-state index < -0.39 is 0 Å². The van der Waals surface area contributed by atoms with Crippen LogP contribution >= 0.6 is 11.6 Å². The SMILES string of the molecule is Clc1ccc(Nc2ncc3c(n2)-c2cnc(Nc4ccccc4)nc2CC3)cc1. The van der Waals surface area contributed by atoms with E-state index in [2.05, 4.69) is 20.6 Å². The summed E-state index contributed by atoms with van der Waals surface area (Å²) in [6.45, 7) is 0. The van der Waals surface area contributed by atoms with Crippen LogP contribution < -0.4 is 10.6 Å². The second-order valence-corrected chi connectivity index (χ2v) is 7.18. The molecule has 0 saturated heterocycles. The lowest BCUT2D eigenvalue weighted by Crippen LogP contribution is -2.12. The van der Waals surface area contributed by atoms with Gasteiger partial charge < -0.3 is 10.6 Å². The summed E-state index contributed by atoms with van der Waals surface area (Å²) in [4.78, 5) is 18.4. The first-order valence-electron chi connectivity index (χ1n) is 9.31. The molecule has 7 heteroatoms. The summed E-state index contributed by atoms with van der Waals surface area (Å²) in [5, 5.41) is 7.16. The molecule has 142 valence electrons. The van der Waals surface area contributed by atoms with E-state index in [0.29, 0.717) is 16.9 Å². The van der Waals surface area contributed by atoms with E-state index in [4.69, 9.17) is 21.6 Å². The number of hydrogen-bond donors (Lipinski definition) is 2. The van der Waals surface area contributed by atoms with Crippen LogP contribution in [0.5, 0.6) is 0 Å². The lowest BCUT2D eigenvalue weighted by atomic mass is 9.95. The van der Waals surface area contributed by atoms with Crippen molar-refractivity contribution >= 4 is 34.9 Å². The van der Waals surface area contributed by atoms with Gasteiger partial charge in [0, 0.05) is 34.4 Å². The molecule has 0 bridgehead atoms. The molecule has 6 nitrogen and oxygen atoms in total. The Morgan fingerprint density at radius 3 is 2.21 bits per heavy atom. The van der Waals surface area contributed by atoms with E-state index in [9.17, 15) is 0 Å². The van der Waals surface area contributed by atoms with Gasteiger partial charge in [0.15, 0.2) is 0 Å². The van der Waals surface area contributed by atoms with Crippen LogP contribution in [0.15, 0.2) is 67.0 Å². The highest BCUT2D eigenvalue weighted by Crippen LogP contribution is 2.32. The van der Waals surface area contributed by atoms with Gasteiger partial charge in [0.25, 0.3) is 0 Å². The van der Waals surface area contributed by atoms with E-state index in [0.717, 1.165) is 46.7 Å². The van der Waals surface area contributed by atoms with E-state index in [-0.39, 0.29) is 0 Å². The van der Waals surface area contributed by atoms with Crippen molar-refractivity contribution in [2.24, 2.45) is 0 Å². The predicted octanol–water partition coefficient (Wildman–Crippen LogP) is 5.17. The molecule has 0 amide bonds. The van der Waals surface area contributed by atoms with E-state index in [1.807, 2.05) is 67.0 Å². The summed E-state index contributed by atoms with van der Waals surface area (Å²) >= 11 is 5.95. The molecule has 0 radical (unpaired) electrons. The largest absolute Gasteiger partial charge is 0.324 e. The summed E-state index contributed by atoms with van der Waals surface area (Å²) in [7, 11) is 0. The Kier molecular flexibility index (Phi) is 4.54. The number of aromatic nitrogens is 4. The van der Waals surface area contributed by atoms with Crippen LogP contribution in [0.25, 0.3) is 11.3 Å². The molecule has 2 aromatic carbocycles. The van der Waals surface area contributed by atoms with Crippen molar-refractivity contribution in [3.63, 3.8) is 0 Å². The lowest BCUT2D eigenvalue weighted by molar-refractivity contribution is 0.866. The van der Waals surface area contributed by atoms with Crippen molar-refractivity contribution in [1.82, 2.24) is 19.9 Å². The standard InChI is InChI=1S/C22H17ClN6/c23-15-7-9-17(10-8-15)27-22-24-12-14-6-11-19-18(20(14)29-22)13-25-21(28-19)26-16-4-2-1-3-5-16/h1-5,7-10,12-13H,6,11H2,(H,24,27,29)(H,25,26,28). The predicted molar refractivity (Wildman–Crippen MR) is 115 cm³/mol. The summed E-state index contributed by atoms with van der Waals surface area (Å²) < 4.78 is 0. The Bertz CT molecular complexity index is 1160. The average Bonchev–Trinajstić information content (AvgIpc) is 2.76. The number of nitrogens with zero attached hydrogens (tertiary/aromatic N) is 4. The van der Waals surface area contributed by atoms with Gasteiger partial charge in [0.1, 0.15) is 0 Å². The van der Waals surface area contributed by atoms with Crippen LogP contribution in [0.2, 0.25) is 5.02 Å². The first-order chi connectivity index (χ1) is 14.2. The smallest absolute Gasteiger partial charge is 0.227 e. The molecule has 4 aromatic rings. The van der Waals surface area contributed by atoms with Crippen molar-refractivity contribution in [2.45, 2.75) is 12.8 Å². The average molecular weight is 401 g/mol. The minimum atomic E-state index is 0.533. The highest BCUT2D eigenvalue weighted by atomic mass is 35.5. The molecule has 1 aliphatic rings. The molecule has 2 aromatic heterocycles. The molecule has 0 atom stereocenters. The fourth-order valence-corrected chi connectivity index (χ4v) is 3.44. The molecular weight excluding hydrogens is 384 g/mol. The fourth-order valence-electron chi connectivity index (χ4n) is 3.31. The van der Waals surface area contributed by atoms with Crippen LogP contribution in [0.4, 0.5) is 23.3 Å². The van der Waals surface area contributed by atoms with E-state index in [1.54, 1.807) is 0 Å². The molecule has 0 saturated carbocycles. The maximum absolute atomic E-state index is 5.95. The highest BCUT2D eigenvalue weighted by Gasteiger charge is 2.21. The van der Waals surface area contributed by atoms with Gasteiger partial charge in [-0.05, 0) is 54.8 Å². The Balaban J connectivity index is 1.44. The maximum Gasteiger partial charge on any atom is 0.227 e. The third-order valence-electron chi connectivity index (χ3n) is 4.75. The van der Waals surface area contributed by atoms with Gasteiger partial charge in [-0.1, -0.05) is 29.8 Å². The van der Waals surface area contributed by atoms with Crippen molar-refractivity contribution in [2.75, 3.05) is 10.6 Å². The summed E-state index contributed by atoms with van der Waals surface area (Å²) in [6, 6.07) is 17.3. The molecule has 29 heavy (non-hydrogen) atoms. The zero-order chi connectivity index (χ0) is 19.6. The molecule has 1 aliphatic carbocycles. The Morgan fingerprint density at radius 2 is 1.41 bits per heavy atom. The number of benzene rings is 2. The minimum Gasteiger partial charge on any atom is -0.324 e. The van der Waals surface area contributed by atoms with Gasteiger partial charge in [0.05, 0.1) is 11.4 Å². The third kappa shape index (κ3) is 3.75. The first kappa shape index (κ1) is 17.6. The van der Waals surface area contributed by atoms with Crippen molar-refractivity contribution in [3.8, 4) is 11.3 Å². The van der Waals surface area contributed by atoms with Gasteiger partial charge >= 0.3 is 0 Å². The molecule has 5 rings (SSSR count). The molecule has 0 unspecified atom stereocenters. The molecular formula is C22H17ClN6. The Morgan fingerprint density at radius 1 is 0.724 bits per heavy atom. The number of nitrogens with one attached hydrogen (secondary N) is 2.